The van der Waals surface area contributed by atoms with E-state index in [1.54, 1.807) is 0 Å². The van der Waals surface area contributed by atoms with Crippen LogP contribution in [-0.2, 0) is 22.4 Å². The number of aromatic nitrogens is 4. The molecule has 9 heteroatoms. The summed E-state index contributed by atoms with van der Waals surface area (Å²) >= 11 is 0. The van der Waals surface area contributed by atoms with Gasteiger partial charge in [-0.05, 0) is 43.4 Å². The van der Waals surface area contributed by atoms with Crippen LogP contribution in [0, 0.1) is 0 Å². The summed E-state index contributed by atoms with van der Waals surface area (Å²) in [6.07, 6.45) is 8.30. The molecule has 1 unspecified atom stereocenters. The highest BCUT2D eigenvalue weighted by atomic mass is 16.5. The second-order valence-corrected chi connectivity index (χ2v) is 7.52. The average molecular weight is 415 g/mol. The Morgan fingerprint density at radius 1 is 1.03 bits per heavy atom. The van der Waals surface area contributed by atoms with Gasteiger partial charge in [-0.25, -0.2) is 4.79 Å². The number of urea groups is 1. The Hall–Kier alpha value is -2.81. The van der Waals surface area contributed by atoms with Crippen molar-refractivity contribution in [3.05, 3.63) is 35.7 Å². The van der Waals surface area contributed by atoms with E-state index >= 15 is 0 Å². The second kappa shape index (κ2) is 11.4. The van der Waals surface area contributed by atoms with E-state index in [2.05, 4.69) is 32.9 Å². The van der Waals surface area contributed by atoms with E-state index in [0.29, 0.717) is 18.1 Å². The minimum atomic E-state index is -0.648. The molecule has 1 aromatic carbocycles. The number of hydrogen-bond donors (Lipinski definition) is 2. The number of unbranched alkanes of at least 4 members (excludes halogenated alkanes) is 4. The van der Waals surface area contributed by atoms with Crippen LogP contribution in [-0.4, -0.2) is 51.8 Å². The van der Waals surface area contributed by atoms with Crippen LogP contribution < -0.4 is 10.2 Å². The molecule has 0 radical (unpaired) electrons. The maximum atomic E-state index is 12.3. The fourth-order valence-corrected chi connectivity index (χ4v) is 3.50. The first-order chi connectivity index (χ1) is 14.7. The van der Waals surface area contributed by atoms with Gasteiger partial charge in [0.15, 0.2) is 5.82 Å². The first-order valence-electron chi connectivity index (χ1n) is 10.7. The summed E-state index contributed by atoms with van der Waals surface area (Å²) < 4.78 is 5.69. The van der Waals surface area contributed by atoms with Gasteiger partial charge in [0, 0.05) is 18.7 Å². The molecule has 0 aliphatic carbocycles. The van der Waals surface area contributed by atoms with Gasteiger partial charge in [-0.1, -0.05) is 43.5 Å². The predicted molar refractivity (Wildman–Crippen MR) is 112 cm³/mol. The Morgan fingerprint density at radius 2 is 1.83 bits per heavy atom. The summed E-state index contributed by atoms with van der Waals surface area (Å²) in [6.45, 7) is 2.87. The number of imide groups is 1. The van der Waals surface area contributed by atoms with Crippen molar-refractivity contribution in [3.8, 4) is 0 Å². The molecule has 30 heavy (non-hydrogen) atoms. The van der Waals surface area contributed by atoms with Crippen molar-refractivity contribution >= 4 is 17.6 Å². The molecule has 1 aliphatic rings. The van der Waals surface area contributed by atoms with Crippen molar-refractivity contribution in [1.29, 1.82) is 0 Å². The molecule has 1 atom stereocenters. The summed E-state index contributed by atoms with van der Waals surface area (Å²) in [5.74, 6) is 0.353. The average Bonchev–Trinajstić information content (AvgIpc) is 3.36. The van der Waals surface area contributed by atoms with Crippen molar-refractivity contribution < 1.29 is 14.3 Å². The molecule has 1 aliphatic heterocycles. The maximum absolute atomic E-state index is 12.3. The predicted octanol–water partition coefficient (Wildman–Crippen LogP) is 2.79. The Bertz CT molecular complexity index is 794. The van der Waals surface area contributed by atoms with Crippen molar-refractivity contribution in [2.75, 3.05) is 18.1 Å². The lowest BCUT2D eigenvalue weighted by Gasteiger charge is -2.22. The molecule has 3 rings (SSSR count). The largest absolute Gasteiger partial charge is 0.379 e. The van der Waals surface area contributed by atoms with E-state index in [1.165, 1.54) is 36.1 Å². The van der Waals surface area contributed by atoms with E-state index in [-0.39, 0.29) is 12.5 Å². The summed E-state index contributed by atoms with van der Waals surface area (Å²) in [5.41, 5.74) is 1.96. The van der Waals surface area contributed by atoms with Gasteiger partial charge in [-0.2, -0.15) is 5.21 Å². The van der Waals surface area contributed by atoms with Crippen LogP contribution in [0.15, 0.2) is 24.3 Å². The van der Waals surface area contributed by atoms with E-state index in [0.717, 1.165) is 25.7 Å². The van der Waals surface area contributed by atoms with Crippen LogP contribution in [0.2, 0.25) is 0 Å². The number of benzene rings is 1. The summed E-state index contributed by atoms with van der Waals surface area (Å²) in [7, 11) is 0. The number of carbonyl (C=O) groups is 2. The van der Waals surface area contributed by atoms with Crippen LogP contribution >= 0.6 is 0 Å². The highest BCUT2D eigenvalue weighted by Crippen LogP contribution is 2.23. The molecule has 0 saturated carbocycles. The van der Waals surface area contributed by atoms with Gasteiger partial charge in [0.1, 0.15) is 6.04 Å². The third kappa shape index (κ3) is 6.09. The molecule has 1 fully saturated rings. The number of amides is 3. The summed E-state index contributed by atoms with van der Waals surface area (Å²) in [6, 6.07) is 6.84. The minimum absolute atomic E-state index is 0.165. The van der Waals surface area contributed by atoms with Gasteiger partial charge < -0.3 is 4.74 Å². The first kappa shape index (κ1) is 21.9. The number of nitrogens with zero attached hydrogens (tertiary/aromatic N) is 4. The van der Waals surface area contributed by atoms with E-state index in [4.69, 9.17) is 4.74 Å². The van der Waals surface area contributed by atoms with E-state index < -0.39 is 12.1 Å². The van der Waals surface area contributed by atoms with Crippen molar-refractivity contribution in [2.24, 2.45) is 0 Å². The minimum Gasteiger partial charge on any atom is -0.379 e. The standard InChI is InChI=1S/C21H30N6O3/c1-2-3-4-5-8-16-10-12-17(13-11-16)27-18(20(28)22-21(27)29)15-30-14-7-6-9-19-23-25-26-24-19/h10-13,18H,2-9,14-15H2,1H3,(H,22,28,29)(H,23,24,25,26). The number of tetrazole rings is 1. The number of nitrogens with one attached hydrogen (secondary N) is 2. The van der Waals surface area contributed by atoms with E-state index in [9.17, 15) is 9.59 Å². The van der Waals surface area contributed by atoms with Gasteiger partial charge in [-0.3, -0.25) is 15.0 Å². The quantitative estimate of drug-likeness (QED) is 0.385. The zero-order valence-corrected chi connectivity index (χ0v) is 17.5. The molecular formula is C21H30N6O3. The van der Waals surface area contributed by atoms with E-state index in [1.807, 2.05) is 24.3 Å². The summed E-state index contributed by atoms with van der Waals surface area (Å²) in [4.78, 5) is 26.0. The Kier molecular flexibility index (Phi) is 8.31. The molecule has 9 nitrogen and oxygen atoms in total. The number of carbonyl (C=O) groups excluding carboxylic acids is 2. The van der Waals surface area contributed by atoms with Gasteiger partial charge >= 0.3 is 6.03 Å². The monoisotopic (exact) mass is 414 g/mol. The summed E-state index contributed by atoms with van der Waals surface area (Å²) in [5, 5.41) is 16.1. The molecule has 1 saturated heterocycles. The highest BCUT2D eigenvalue weighted by Gasteiger charge is 2.39. The van der Waals surface area contributed by atoms with Gasteiger partial charge in [0.2, 0.25) is 0 Å². The Morgan fingerprint density at radius 3 is 2.57 bits per heavy atom. The molecular weight excluding hydrogens is 384 g/mol. The smallest absolute Gasteiger partial charge is 0.329 e. The first-order valence-corrected chi connectivity index (χ1v) is 10.7. The Labute approximate surface area is 176 Å². The maximum Gasteiger partial charge on any atom is 0.329 e. The second-order valence-electron chi connectivity index (χ2n) is 7.52. The number of anilines is 1. The van der Waals surface area contributed by atoms with Crippen LogP contribution in [0.4, 0.5) is 10.5 Å². The zero-order chi connectivity index (χ0) is 21.2. The third-order valence-corrected chi connectivity index (χ3v) is 5.20. The van der Waals surface area contributed by atoms with Crippen LogP contribution in [0.3, 0.4) is 0 Å². The Balaban J connectivity index is 1.46. The van der Waals surface area contributed by atoms with Crippen molar-refractivity contribution in [1.82, 2.24) is 25.9 Å². The van der Waals surface area contributed by atoms with Crippen molar-refractivity contribution in [2.45, 2.75) is 64.3 Å². The lowest BCUT2D eigenvalue weighted by molar-refractivity contribution is -0.121. The molecule has 1 aromatic heterocycles. The number of hydrogen-bond acceptors (Lipinski definition) is 6. The molecule has 2 N–H and O–H groups in total. The van der Waals surface area contributed by atoms with Crippen molar-refractivity contribution in [3.63, 3.8) is 0 Å². The molecule has 0 spiro atoms. The van der Waals surface area contributed by atoms with Gasteiger partial charge in [-0.15, -0.1) is 10.2 Å². The van der Waals surface area contributed by atoms with Gasteiger partial charge in [0.05, 0.1) is 6.61 Å². The molecule has 2 heterocycles. The number of aryl methyl sites for hydroxylation is 2. The SMILES string of the molecule is CCCCCCc1ccc(N2C(=O)NC(=O)C2COCCCCc2nn[nH]n2)cc1. The lowest BCUT2D eigenvalue weighted by atomic mass is 10.1. The van der Waals surface area contributed by atoms with Crippen LogP contribution in [0.25, 0.3) is 0 Å². The fraction of sp³-hybridized carbons (Fsp3) is 0.571. The number of aromatic amines is 1. The third-order valence-electron chi connectivity index (χ3n) is 5.20. The molecule has 2 aromatic rings. The molecule has 162 valence electrons. The fourth-order valence-electron chi connectivity index (χ4n) is 3.50. The number of rotatable bonds is 13. The zero-order valence-electron chi connectivity index (χ0n) is 17.5. The highest BCUT2D eigenvalue weighted by molar-refractivity contribution is 6.14. The number of ether oxygens (including phenoxy) is 1. The number of H-pyrrole nitrogens is 1. The normalized spacial score (nSPS) is 16.3. The lowest BCUT2D eigenvalue weighted by Crippen LogP contribution is -2.38. The van der Waals surface area contributed by atoms with Gasteiger partial charge in [0.25, 0.3) is 5.91 Å². The molecule has 3 amide bonds. The molecule has 0 bridgehead atoms. The topological polar surface area (TPSA) is 113 Å². The van der Waals surface area contributed by atoms with Crippen LogP contribution in [0.1, 0.15) is 56.8 Å². The van der Waals surface area contributed by atoms with Crippen LogP contribution in [0.5, 0.6) is 0 Å².